The zero-order valence-corrected chi connectivity index (χ0v) is 9.43. The summed E-state index contributed by atoms with van der Waals surface area (Å²) >= 11 is 0. The number of nitrogen functional groups attached to an aromatic ring is 1. The molecule has 0 amide bonds. The topological polar surface area (TPSA) is 82.3 Å². The van der Waals surface area contributed by atoms with E-state index >= 15 is 0 Å². The Balaban J connectivity index is 1.87. The third-order valence-electron chi connectivity index (χ3n) is 2.31. The lowest BCUT2D eigenvalue weighted by atomic mass is 10.3. The van der Waals surface area contributed by atoms with Crippen LogP contribution in [0.2, 0.25) is 0 Å². The fraction of sp³-hybridized carbons (Fsp3) is 0.600. The summed E-state index contributed by atoms with van der Waals surface area (Å²) in [5.41, 5.74) is 6.23. The average Bonchev–Trinajstić information content (AvgIpc) is 2.57. The van der Waals surface area contributed by atoms with Crippen molar-refractivity contribution in [2.24, 2.45) is 0 Å². The number of rotatable bonds is 3. The van der Waals surface area contributed by atoms with Crippen LogP contribution in [-0.2, 0) is 9.47 Å². The van der Waals surface area contributed by atoms with Crippen LogP contribution in [-0.4, -0.2) is 35.0 Å². The standard InChI is InChI=1S/C10H16N4O2/c1-10(2)15-5-7(16-10)3-13-9-8(11)4-12-6-14-9/h4,6-7H,3,5,11H2,1-2H3,(H,12,13,14). The molecule has 1 aliphatic rings. The summed E-state index contributed by atoms with van der Waals surface area (Å²) in [6.45, 7) is 4.98. The van der Waals surface area contributed by atoms with Gasteiger partial charge in [-0.15, -0.1) is 0 Å². The minimum atomic E-state index is -0.496. The van der Waals surface area contributed by atoms with Gasteiger partial charge in [-0.05, 0) is 13.8 Å². The van der Waals surface area contributed by atoms with Gasteiger partial charge in [-0.25, -0.2) is 9.97 Å². The number of nitrogens with two attached hydrogens (primary N) is 1. The molecule has 6 heteroatoms. The van der Waals surface area contributed by atoms with Gasteiger partial charge in [0.1, 0.15) is 12.4 Å². The molecule has 16 heavy (non-hydrogen) atoms. The summed E-state index contributed by atoms with van der Waals surface area (Å²) in [7, 11) is 0. The lowest BCUT2D eigenvalue weighted by molar-refractivity contribution is -0.136. The van der Waals surface area contributed by atoms with Crippen LogP contribution in [0.3, 0.4) is 0 Å². The minimum absolute atomic E-state index is 0.0179. The SMILES string of the molecule is CC1(C)OCC(CNc2ncncc2N)O1. The molecule has 1 saturated heterocycles. The smallest absolute Gasteiger partial charge is 0.163 e. The van der Waals surface area contributed by atoms with Crippen LogP contribution < -0.4 is 11.1 Å². The van der Waals surface area contributed by atoms with Crippen LogP contribution in [0.5, 0.6) is 0 Å². The van der Waals surface area contributed by atoms with Crippen molar-refractivity contribution in [3.8, 4) is 0 Å². The van der Waals surface area contributed by atoms with Crippen molar-refractivity contribution in [3.05, 3.63) is 12.5 Å². The van der Waals surface area contributed by atoms with Gasteiger partial charge in [-0.2, -0.15) is 0 Å². The summed E-state index contributed by atoms with van der Waals surface area (Å²) in [5.74, 6) is 0.132. The molecule has 0 aromatic carbocycles. The van der Waals surface area contributed by atoms with Crippen molar-refractivity contribution in [2.45, 2.75) is 25.7 Å². The molecule has 0 saturated carbocycles. The van der Waals surface area contributed by atoms with Crippen molar-refractivity contribution < 1.29 is 9.47 Å². The van der Waals surface area contributed by atoms with Crippen LogP contribution >= 0.6 is 0 Å². The van der Waals surface area contributed by atoms with Gasteiger partial charge in [0.05, 0.1) is 18.5 Å². The average molecular weight is 224 g/mol. The highest BCUT2D eigenvalue weighted by Gasteiger charge is 2.32. The summed E-state index contributed by atoms with van der Waals surface area (Å²) < 4.78 is 11.1. The number of nitrogens with one attached hydrogen (secondary N) is 1. The van der Waals surface area contributed by atoms with E-state index < -0.39 is 5.79 Å². The number of anilines is 2. The number of hydrogen-bond donors (Lipinski definition) is 2. The lowest BCUT2D eigenvalue weighted by Crippen LogP contribution is -2.26. The second-order valence-corrected chi connectivity index (χ2v) is 4.16. The quantitative estimate of drug-likeness (QED) is 0.783. The van der Waals surface area contributed by atoms with Gasteiger partial charge in [0.2, 0.25) is 0 Å². The second kappa shape index (κ2) is 4.23. The Morgan fingerprint density at radius 1 is 1.62 bits per heavy atom. The molecule has 88 valence electrons. The Morgan fingerprint density at radius 3 is 3.06 bits per heavy atom. The molecule has 0 bridgehead atoms. The van der Waals surface area contributed by atoms with Gasteiger partial charge < -0.3 is 20.5 Å². The Morgan fingerprint density at radius 2 is 2.44 bits per heavy atom. The Bertz CT molecular complexity index is 370. The molecule has 0 radical (unpaired) electrons. The second-order valence-electron chi connectivity index (χ2n) is 4.16. The van der Waals surface area contributed by atoms with E-state index in [-0.39, 0.29) is 6.10 Å². The molecule has 2 heterocycles. The van der Waals surface area contributed by atoms with Crippen molar-refractivity contribution in [1.29, 1.82) is 0 Å². The fourth-order valence-corrected chi connectivity index (χ4v) is 1.56. The molecular formula is C10H16N4O2. The molecule has 3 N–H and O–H groups in total. The van der Waals surface area contributed by atoms with E-state index in [0.717, 1.165) is 0 Å². The zero-order chi connectivity index (χ0) is 11.6. The first-order valence-electron chi connectivity index (χ1n) is 5.18. The molecule has 1 aromatic rings. The molecule has 0 aliphatic carbocycles. The summed E-state index contributed by atoms with van der Waals surface area (Å²) in [4.78, 5) is 7.85. The van der Waals surface area contributed by atoms with E-state index in [0.29, 0.717) is 24.7 Å². The Labute approximate surface area is 94.2 Å². The number of ether oxygens (including phenoxy) is 2. The third kappa shape index (κ3) is 2.59. The Hall–Kier alpha value is -1.40. The van der Waals surface area contributed by atoms with Gasteiger partial charge in [-0.3, -0.25) is 0 Å². The van der Waals surface area contributed by atoms with Gasteiger partial charge >= 0.3 is 0 Å². The van der Waals surface area contributed by atoms with Gasteiger partial charge in [0, 0.05) is 6.54 Å². The Kier molecular flexibility index (Phi) is 2.93. The largest absolute Gasteiger partial charge is 0.394 e. The highest BCUT2D eigenvalue weighted by Crippen LogP contribution is 2.22. The first kappa shape index (κ1) is 11.1. The van der Waals surface area contributed by atoms with E-state index in [1.807, 2.05) is 13.8 Å². The number of nitrogens with zero attached hydrogens (tertiary/aromatic N) is 2. The maximum Gasteiger partial charge on any atom is 0.163 e. The number of aromatic nitrogens is 2. The highest BCUT2D eigenvalue weighted by atomic mass is 16.7. The van der Waals surface area contributed by atoms with Crippen LogP contribution in [0.4, 0.5) is 11.5 Å². The van der Waals surface area contributed by atoms with E-state index in [2.05, 4.69) is 15.3 Å². The third-order valence-corrected chi connectivity index (χ3v) is 2.31. The van der Waals surface area contributed by atoms with Crippen molar-refractivity contribution >= 4 is 11.5 Å². The van der Waals surface area contributed by atoms with E-state index in [9.17, 15) is 0 Å². The van der Waals surface area contributed by atoms with Crippen LogP contribution in [0, 0.1) is 0 Å². The van der Waals surface area contributed by atoms with Crippen molar-refractivity contribution in [1.82, 2.24) is 9.97 Å². The maximum atomic E-state index is 5.70. The van der Waals surface area contributed by atoms with E-state index in [1.165, 1.54) is 6.33 Å². The fourth-order valence-electron chi connectivity index (χ4n) is 1.56. The van der Waals surface area contributed by atoms with E-state index in [4.69, 9.17) is 15.2 Å². The normalized spacial score (nSPS) is 23.2. The van der Waals surface area contributed by atoms with Crippen molar-refractivity contribution in [2.75, 3.05) is 24.2 Å². The minimum Gasteiger partial charge on any atom is -0.394 e. The summed E-state index contributed by atoms with van der Waals surface area (Å²) in [6, 6.07) is 0. The van der Waals surface area contributed by atoms with Gasteiger partial charge in [-0.1, -0.05) is 0 Å². The van der Waals surface area contributed by atoms with Gasteiger partial charge in [0.25, 0.3) is 0 Å². The molecular weight excluding hydrogens is 208 g/mol. The van der Waals surface area contributed by atoms with Crippen molar-refractivity contribution in [3.63, 3.8) is 0 Å². The molecule has 1 aliphatic heterocycles. The molecule has 0 spiro atoms. The van der Waals surface area contributed by atoms with Gasteiger partial charge in [0.15, 0.2) is 11.6 Å². The molecule has 2 rings (SSSR count). The zero-order valence-electron chi connectivity index (χ0n) is 9.43. The molecule has 1 atom stereocenters. The highest BCUT2D eigenvalue weighted by molar-refractivity contribution is 5.58. The number of hydrogen-bond acceptors (Lipinski definition) is 6. The molecule has 1 unspecified atom stereocenters. The first-order chi connectivity index (χ1) is 7.57. The van der Waals surface area contributed by atoms with E-state index in [1.54, 1.807) is 6.20 Å². The monoisotopic (exact) mass is 224 g/mol. The predicted octanol–water partition coefficient (Wildman–Crippen LogP) is 0.622. The molecule has 1 aromatic heterocycles. The molecule has 1 fully saturated rings. The summed E-state index contributed by atoms with van der Waals surface area (Å²) in [5, 5.41) is 3.11. The van der Waals surface area contributed by atoms with Crippen LogP contribution in [0.15, 0.2) is 12.5 Å². The first-order valence-corrected chi connectivity index (χ1v) is 5.18. The predicted molar refractivity (Wildman–Crippen MR) is 59.8 cm³/mol. The lowest BCUT2D eigenvalue weighted by Gasteiger charge is -2.17. The van der Waals surface area contributed by atoms with Crippen LogP contribution in [0.1, 0.15) is 13.8 Å². The van der Waals surface area contributed by atoms with Crippen LogP contribution in [0.25, 0.3) is 0 Å². The molecule has 6 nitrogen and oxygen atoms in total. The maximum absolute atomic E-state index is 5.70. The summed E-state index contributed by atoms with van der Waals surface area (Å²) in [6.07, 6.45) is 3.03.